The van der Waals surface area contributed by atoms with E-state index in [9.17, 15) is 14.0 Å². The number of carboxylic acids is 1. The average Bonchev–Trinajstić information content (AvgIpc) is 2.16. The normalized spacial score (nSPS) is 11.9. The number of alkyl halides is 1. The third-order valence-corrected chi connectivity index (χ3v) is 1.89. The molecule has 1 atom stereocenters. The molecule has 1 N–H and O–H groups in total. The maximum Gasteiger partial charge on any atom is 0.335 e. The molecule has 0 saturated carbocycles. The van der Waals surface area contributed by atoms with Crippen molar-refractivity contribution in [1.29, 1.82) is 0 Å². The molecule has 0 aliphatic carbocycles. The number of hydrogen-bond donors (Lipinski definition) is 1. The molecule has 0 radical (unpaired) electrons. The van der Waals surface area contributed by atoms with E-state index >= 15 is 0 Å². The highest BCUT2D eigenvalue weighted by atomic mass is 19.1. The van der Waals surface area contributed by atoms with Crippen molar-refractivity contribution in [2.75, 3.05) is 0 Å². The second-order valence-electron chi connectivity index (χ2n) is 3.23. The lowest BCUT2D eigenvalue weighted by molar-refractivity contribution is -0.154. The summed E-state index contributed by atoms with van der Waals surface area (Å²) in [5.74, 6) is -1.72. The van der Waals surface area contributed by atoms with Gasteiger partial charge in [-0.3, -0.25) is 4.79 Å². The molecule has 1 rings (SSSR count). The number of rotatable bonds is 4. The Bertz CT molecular complexity index is 385. The van der Waals surface area contributed by atoms with Crippen LogP contribution >= 0.6 is 0 Å². The van der Waals surface area contributed by atoms with Crippen molar-refractivity contribution >= 4 is 11.9 Å². The van der Waals surface area contributed by atoms with E-state index in [4.69, 9.17) is 5.11 Å². The van der Waals surface area contributed by atoms with Crippen molar-refractivity contribution in [2.24, 2.45) is 0 Å². The van der Waals surface area contributed by atoms with E-state index in [1.54, 1.807) is 0 Å². The number of benzene rings is 1. The molecule has 0 aliphatic rings. The fraction of sp³-hybridized carbons (Fsp3) is 0.273. The van der Waals surface area contributed by atoms with Crippen molar-refractivity contribution < 1.29 is 23.8 Å². The zero-order valence-corrected chi connectivity index (χ0v) is 8.64. The molecule has 0 aliphatic heterocycles. The number of esters is 1. The fourth-order valence-corrected chi connectivity index (χ4v) is 1.19. The van der Waals surface area contributed by atoms with E-state index in [0.29, 0.717) is 5.56 Å². The Morgan fingerprint density at radius 2 is 1.94 bits per heavy atom. The van der Waals surface area contributed by atoms with Gasteiger partial charge in [0.25, 0.3) is 0 Å². The number of aromatic carboxylic acids is 1. The standard InChI is InChI=1S/C11H11FO4/c1-7(13)16-10(12)6-8-2-4-9(5-3-8)11(14)15/h2-5,10H,6H2,1H3,(H,14,15). The van der Waals surface area contributed by atoms with Gasteiger partial charge in [-0.05, 0) is 17.7 Å². The summed E-state index contributed by atoms with van der Waals surface area (Å²) in [5, 5.41) is 8.63. The molecule has 0 bridgehead atoms. The first-order valence-corrected chi connectivity index (χ1v) is 4.62. The third-order valence-electron chi connectivity index (χ3n) is 1.89. The summed E-state index contributed by atoms with van der Waals surface area (Å²) in [6.45, 7) is 1.13. The van der Waals surface area contributed by atoms with Crippen LogP contribution in [0.15, 0.2) is 24.3 Å². The summed E-state index contributed by atoms with van der Waals surface area (Å²) in [4.78, 5) is 21.0. The van der Waals surface area contributed by atoms with Gasteiger partial charge in [0, 0.05) is 13.3 Å². The van der Waals surface area contributed by atoms with Crippen LogP contribution in [0.25, 0.3) is 0 Å². The van der Waals surface area contributed by atoms with Crippen molar-refractivity contribution in [3.63, 3.8) is 0 Å². The minimum atomic E-state index is -1.70. The van der Waals surface area contributed by atoms with Crippen LogP contribution in [-0.4, -0.2) is 23.4 Å². The van der Waals surface area contributed by atoms with E-state index < -0.39 is 18.3 Å². The smallest absolute Gasteiger partial charge is 0.335 e. The van der Waals surface area contributed by atoms with Gasteiger partial charge in [-0.1, -0.05) is 12.1 Å². The molecule has 4 nitrogen and oxygen atoms in total. The van der Waals surface area contributed by atoms with Gasteiger partial charge in [0.05, 0.1) is 5.56 Å². The number of ether oxygens (including phenoxy) is 1. The van der Waals surface area contributed by atoms with Gasteiger partial charge >= 0.3 is 11.9 Å². The molecule has 0 aromatic heterocycles. The van der Waals surface area contributed by atoms with Crippen LogP contribution in [0.4, 0.5) is 4.39 Å². The first kappa shape index (κ1) is 12.2. The lowest BCUT2D eigenvalue weighted by atomic mass is 10.1. The molecular weight excluding hydrogens is 215 g/mol. The molecule has 0 saturated heterocycles. The Hall–Kier alpha value is -1.91. The second kappa shape index (κ2) is 5.25. The van der Waals surface area contributed by atoms with E-state index in [2.05, 4.69) is 4.74 Å². The van der Waals surface area contributed by atoms with Crippen LogP contribution in [0.2, 0.25) is 0 Å². The Kier molecular flexibility index (Phi) is 3.99. The number of carbonyl (C=O) groups is 2. The molecule has 0 amide bonds. The van der Waals surface area contributed by atoms with Crippen molar-refractivity contribution in [3.8, 4) is 0 Å². The zero-order valence-electron chi connectivity index (χ0n) is 8.64. The lowest BCUT2D eigenvalue weighted by Gasteiger charge is -2.08. The van der Waals surface area contributed by atoms with Crippen LogP contribution in [-0.2, 0) is 16.0 Å². The van der Waals surface area contributed by atoms with Crippen LogP contribution in [0.1, 0.15) is 22.8 Å². The molecule has 1 unspecified atom stereocenters. The van der Waals surface area contributed by atoms with Crippen LogP contribution in [0, 0.1) is 0 Å². The Balaban J connectivity index is 2.61. The van der Waals surface area contributed by atoms with Gasteiger partial charge in [0.1, 0.15) is 0 Å². The van der Waals surface area contributed by atoms with Crippen LogP contribution < -0.4 is 0 Å². The van der Waals surface area contributed by atoms with Crippen molar-refractivity contribution in [2.45, 2.75) is 19.7 Å². The van der Waals surface area contributed by atoms with Gasteiger partial charge in [-0.15, -0.1) is 0 Å². The topological polar surface area (TPSA) is 63.6 Å². The molecule has 1 aromatic rings. The number of carbonyl (C=O) groups excluding carboxylic acids is 1. The molecule has 0 spiro atoms. The quantitative estimate of drug-likeness (QED) is 0.795. The van der Waals surface area contributed by atoms with Gasteiger partial charge in [0.15, 0.2) is 0 Å². The minimum absolute atomic E-state index is 0.0839. The summed E-state index contributed by atoms with van der Waals surface area (Å²) in [5.41, 5.74) is 0.699. The molecular formula is C11H11FO4. The van der Waals surface area contributed by atoms with Gasteiger partial charge in [-0.25, -0.2) is 9.18 Å². The lowest BCUT2D eigenvalue weighted by Crippen LogP contribution is -2.13. The molecule has 1 aromatic carbocycles. The maximum atomic E-state index is 13.0. The monoisotopic (exact) mass is 226 g/mol. The molecule has 5 heteroatoms. The summed E-state index contributed by atoms with van der Waals surface area (Å²) in [6.07, 6.45) is -1.78. The first-order chi connectivity index (χ1) is 7.49. The highest BCUT2D eigenvalue weighted by molar-refractivity contribution is 5.87. The summed E-state index contributed by atoms with van der Waals surface area (Å²) < 4.78 is 17.3. The Morgan fingerprint density at radius 1 is 1.38 bits per heavy atom. The van der Waals surface area contributed by atoms with E-state index in [1.165, 1.54) is 24.3 Å². The highest BCUT2D eigenvalue weighted by Crippen LogP contribution is 2.09. The summed E-state index contributed by atoms with van der Waals surface area (Å²) in [6, 6.07) is 5.72. The zero-order chi connectivity index (χ0) is 12.1. The SMILES string of the molecule is CC(=O)OC(F)Cc1ccc(C(=O)O)cc1. The van der Waals surface area contributed by atoms with Gasteiger partial charge in [-0.2, -0.15) is 0 Å². The first-order valence-electron chi connectivity index (χ1n) is 4.62. The molecule has 0 heterocycles. The number of hydrogen-bond acceptors (Lipinski definition) is 3. The number of carboxylic acid groups (broad SMARTS) is 1. The largest absolute Gasteiger partial charge is 0.478 e. The van der Waals surface area contributed by atoms with E-state index in [-0.39, 0.29) is 12.0 Å². The predicted octanol–water partition coefficient (Wildman–Crippen LogP) is 1.79. The van der Waals surface area contributed by atoms with E-state index in [1.807, 2.05) is 0 Å². The minimum Gasteiger partial charge on any atom is -0.478 e. The third kappa shape index (κ3) is 3.68. The Labute approximate surface area is 91.7 Å². The molecule has 0 fully saturated rings. The average molecular weight is 226 g/mol. The van der Waals surface area contributed by atoms with Crippen LogP contribution in [0.3, 0.4) is 0 Å². The molecule has 86 valence electrons. The predicted molar refractivity (Wildman–Crippen MR) is 53.8 cm³/mol. The van der Waals surface area contributed by atoms with E-state index in [0.717, 1.165) is 6.92 Å². The van der Waals surface area contributed by atoms with Crippen molar-refractivity contribution in [3.05, 3.63) is 35.4 Å². The molecule has 16 heavy (non-hydrogen) atoms. The summed E-state index contributed by atoms with van der Waals surface area (Å²) >= 11 is 0. The number of halogens is 1. The summed E-state index contributed by atoms with van der Waals surface area (Å²) in [7, 11) is 0. The van der Waals surface area contributed by atoms with Gasteiger partial charge < -0.3 is 9.84 Å². The highest BCUT2D eigenvalue weighted by Gasteiger charge is 2.11. The second-order valence-corrected chi connectivity index (χ2v) is 3.23. The van der Waals surface area contributed by atoms with Crippen LogP contribution in [0.5, 0.6) is 0 Å². The maximum absolute atomic E-state index is 13.0. The van der Waals surface area contributed by atoms with Crippen molar-refractivity contribution in [1.82, 2.24) is 0 Å². The Morgan fingerprint density at radius 3 is 2.38 bits per heavy atom. The fourth-order valence-electron chi connectivity index (χ4n) is 1.19. The van der Waals surface area contributed by atoms with Gasteiger partial charge in [0.2, 0.25) is 6.36 Å².